The van der Waals surface area contributed by atoms with Crippen molar-refractivity contribution in [1.29, 1.82) is 0 Å². The topological polar surface area (TPSA) is 69.2 Å². The van der Waals surface area contributed by atoms with E-state index >= 15 is 0 Å². The van der Waals surface area contributed by atoms with Crippen LogP contribution in [0.15, 0.2) is 18.2 Å². The zero-order chi connectivity index (χ0) is 15.2. The van der Waals surface area contributed by atoms with Gasteiger partial charge in [-0.3, -0.25) is 0 Å². The number of hydrogen-bond donors (Lipinski definition) is 1. The number of aromatic nitrogens is 3. The Labute approximate surface area is 120 Å². The second-order valence-electron chi connectivity index (χ2n) is 4.00. The van der Waals surface area contributed by atoms with E-state index in [0.29, 0.717) is 6.61 Å². The molecule has 0 aliphatic carbocycles. The van der Waals surface area contributed by atoms with Gasteiger partial charge in [0.15, 0.2) is 11.6 Å². The Bertz CT molecular complexity index is 625. The zero-order valence-corrected chi connectivity index (χ0v) is 11.6. The molecule has 1 heterocycles. The molecule has 0 aliphatic rings. The Hall–Kier alpha value is -2.51. The highest BCUT2D eigenvalue weighted by Gasteiger charge is 2.10. The minimum absolute atomic E-state index is 0.0728. The van der Waals surface area contributed by atoms with Crippen LogP contribution in [0.5, 0.6) is 17.8 Å². The van der Waals surface area contributed by atoms with Gasteiger partial charge in [0.05, 0.1) is 6.61 Å². The molecule has 0 fully saturated rings. The van der Waals surface area contributed by atoms with Gasteiger partial charge in [-0.05, 0) is 18.6 Å². The number of ether oxygens (including phenoxy) is 2. The molecule has 112 valence electrons. The monoisotopic (exact) mass is 296 g/mol. The molecule has 0 spiro atoms. The molecule has 2 rings (SSSR count). The minimum atomic E-state index is -1.02. The second kappa shape index (κ2) is 6.78. The highest BCUT2D eigenvalue weighted by molar-refractivity contribution is 5.30. The van der Waals surface area contributed by atoms with E-state index in [0.717, 1.165) is 18.6 Å². The molecule has 0 saturated carbocycles. The first kappa shape index (κ1) is 14.9. The SMILES string of the molecule is CCCOc1nc(NC)nc(Oc2ccc(F)c(F)c2)n1. The summed E-state index contributed by atoms with van der Waals surface area (Å²) in [6.45, 7) is 2.39. The lowest BCUT2D eigenvalue weighted by Gasteiger charge is -2.08. The van der Waals surface area contributed by atoms with Gasteiger partial charge in [0.25, 0.3) is 0 Å². The summed E-state index contributed by atoms with van der Waals surface area (Å²) in [4.78, 5) is 11.9. The van der Waals surface area contributed by atoms with Crippen LogP contribution in [0.25, 0.3) is 0 Å². The fraction of sp³-hybridized carbons (Fsp3) is 0.308. The van der Waals surface area contributed by atoms with E-state index < -0.39 is 11.6 Å². The fourth-order valence-corrected chi connectivity index (χ4v) is 1.40. The maximum atomic E-state index is 13.1. The molecular weight excluding hydrogens is 282 g/mol. The van der Waals surface area contributed by atoms with Crippen LogP contribution in [0.3, 0.4) is 0 Å². The predicted molar refractivity (Wildman–Crippen MR) is 71.6 cm³/mol. The molecule has 0 bridgehead atoms. The lowest BCUT2D eigenvalue weighted by molar-refractivity contribution is 0.285. The number of halogens is 2. The molecular formula is C13H14F2N4O2. The summed E-state index contributed by atoms with van der Waals surface area (Å²) < 4.78 is 36.6. The highest BCUT2D eigenvalue weighted by atomic mass is 19.2. The summed E-state index contributed by atoms with van der Waals surface area (Å²) in [5.41, 5.74) is 0. The van der Waals surface area contributed by atoms with E-state index in [1.54, 1.807) is 7.05 Å². The van der Waals surface area contributed by atoms with Crippen molar-refractivity contribution >= 4 is 5.95 Å². The third-order valence-corrected chi connectivity index (χ3v) is 2.35. The van der Waals surface area contributed by atoms with Crippen LogP contribution in [0.1, 0.15) is 13.3 Å². The summed E-state index contributed by atoms with van der Waals surface area (Å²) >= 11 is 0. The number of rotatable bonds is 6. The molecule has 2 aromatic rings. The largest absolute Gasteiger partial charge is 0.463 e. The Morgan fingerprint density at radius 3 is 2.52 bits per heavy atom. The molecule has 21 heavy (non-hydrogen) atoms. The first-order valence-electron chi connectivity index (χ1n) is 6.32. The van der Waals surface area contributed by atoms with Crippen molar-refractivity contribution in [1.82, 2.24) is 15.0 Å². The van der Waals surface area contributed by atoms with E-state index in [4.69, 9.17) is 9.47 Å². The Balaban J connectivity index is 2.23. The van der Waals surface area contributed by atoms with Crippen LogP contribution in [0.4, 0.5) is 14.7 Å². The first-order chi connectivity index (χ1) is 10.1. The van der Waals surface area contributed by atoms with E-state index in [9.17, 15) is 8.78 Å². The molecule has 1 N–H and O–H groups in total. The summed E-state index contributed by atoms with van der Waals surface area (Å²) in [5, 5.41) is 2.73. The van der Waals surface area contributed by atoms with Crippen molar-refractivity contribution in [3.63, 3.8) is 0 Å². The van der Waals surface area contributed by atoms with Crippen LogP contribution in [-0.2, 0) is 0 Å². The van der Waals surface area contributed by atoms with Crippen molar-refractivity contribution < 1.29 is 18.3 Å². The van der Waals surface area contributed by atoms with Crippen LogP contribution >= 0.6 is 0 Å². The summed E-state index contributed by atoms with van der Waals surface area (Å²) in [7, 11) is 1.63. The molecule has 1 aromatic heterocycles. The lowest BCUT2D eigenvalue weighted by Crippen LogP contribution is -2.06. The fourth-order valence-electron chi connectivity index (χ4n) is 1.40. The molecule has 0 atom stereocenters. The normalized spacial score (nSPS) is 10.3. The Morgan fingerprint density at radius 2 is 1.86 bits per heavy atom. The molecule has 6 nitrogen and oxygen atoms in total. The van der Waals surface area contributed by atoms with Gasteiger partial charge in [-0.1, -0.05) is 6.92 Å². The molecule has 0 saturated heterocycles. The molecule has 0 amide bonds. The Morgan fingerprint density at radius 1 is 1.10 bits per heavy atom. The lowest BCUT2D eigenvalue weighted by atomic mass is 10.3. The summed E-state index contributed by atoms with van der Waals surface area (Å²) in [5.74, 6) is -1.66. The standard InChI is InChI=1S/C13H14F2N4O2/c1-3-6-20-12-17-11(16-2)18-13(19-12)21-8-4-5-9(14)10(15)7-8/h4-5,7H,3,6H2,1-2H3,(H,16,17,18,19). The van der Waals surface area contributed by atoms with Gasteiger partial charge in [-0.2, -0.15) is 9.97 Å². The zero-order valence-electron chi connectivity index (χ0n) is 11.6. The number of anilines is 1. The van der Waals surface area contributed by atoms with Gasteiger partial charge in [0.1, 0.15) is 5.75 Å². The average Bonchev–Trinajstić information content (AvgIpc) is 2.48. The van der Waals surface area contributed by atoms with E-state index in [1.165, 1.54) is 6.07 Å². The molecule has 0 aliphatic heterocycles. The smallest absolute Gasteiger partial charge is 0.330 e. The number of nitrogens with one attached hydrogen (secondary N) is 1. The van der Waals surface area contributed by atoms with Crippen LogP contribution in [0, 0.1) is 11.6 Å². The van der Waals surface area contributed by atoms with Gasteiger partial charge in [0.2, 0.25) is 5.95 Å². The van der Waals surface area contributed by atoms with Gasteiger partial charge < -0.3 is 14.8 Å². The van der Waals surface area contributed by atoms with Gasteiger partial charge in [0, 0.05) is 13.1 Å². The quantitative estimate of drug-likeness (QED) is 0.884. The predicted octanol–water partition coefficient (Wildman–Crippen LogP) is 2.77. The second-order valence-corrected chi connectivity index (χ2v) is 4.00. The summed E-state index contributed by atoms with van der Waals surface area (Å²) in [6, 6.07) is 3.15. The highest BCUT2D eigenvalue weighted by Crippen LogP contribution is 2.22. The first-order valence-corrected chi connectivity index (χ1v) is 6.32. The molecule has 8 heteroatoms. The molecule has 1 aromatic carbocycles. The summed E-state index contributed by atoms with van der Waals surface area (Å²) in [6.07, 6.45) is 0.792. The van der Waals surface area contributed by atoms with Gasteiger partial charge in [-0.15, -0.1) is 4.98 Å². The average molecular weight is 296 g/mol. The van der Waals surface area contributed by atoms with Crippen molar-refractivity contribution in [2.45, 2.75) is 13.3 Å². The third-order valence-electron chi connectivity index (χ3n) is 2.35. The van der Waals surface area contributed by atoms with Crippen molar-refractivity contribution in [3.8, 4) is 17.8 Å². The number of hydrogen-bond acceptors (Lipinski definition) is 6. The maximum absolute atomic E-state index is 13.1. The van der Waals surface area contributed by atoms with Crippen LogP contribution in [0.2, 0.25) is 0 Å². The van der Waals surface area contributed by atoms with Crippen molar-refractivity contribution in [3.05, 3.63) is 29.8 Å². The van der Waals surface area contributed by atoms with Gasteiger partial charge in [-0.25, -0.2) is 8.78 Å². The van der Waals surface area contributed by atoms with E-state index in [-0.39, 0.29) is 23.7 Å². The third kappa shape index (κ3) is 3.98. The maximum Gasteiger partial charge on any atom is 0.330 e. The van der Waals surface area contributed by atoms with E-state index in [2.05, 4.69) is 20.3 Å². The van der Waals surface area contributed by atoms with Crippen LogP contribution < -0.4 is 14.8 Å². The number of nitrogens with zero attached hydrogens (tertiary/aromatic N) is 3. The molecule has 0 radical (unpaired) electrons. The van der Waals surface area contributed by atoms with Gasteiger partial charge >= 0.3 is 12.0 Å². The van der Waals surface area contributed by atoms with Crippen molar-refractivity contribution in [2.75, 3.05) is 19.0 Å². The Kier molecular flexibility index (Phi) is 4.81. The molecule has 0 unspecified atom stereocenters. The number of benzene rings is 1. The van der Waals surface area contributed by atoms with Crippen LogP contribution in [-0.4, -0.2) is 28.6 Å². The van der Waals surface area contributed by atoms with Crippen molar-refractivity contribution in [2.24, 2.45) is 0 Å². The minimum Gasteiger partial charge on any atom is -0.463 e. The van der Waals surface area contributed by atoms with E-state index in [1.807, 2.05) is 6.92 Å².